The van der Waals surface area contributed by atoms with Crippen LogP contribution in [0.15, 0.2) is 24.3 Å². The molecule has 432 valence electrons. The number of aliphatic hydroxyl groups excluding tert-OH is 5. The van der Waals surface area contributed by atoms with Crippen LogP contribution in [0.3, 0.4) is 0 Å². The van der Waals surface area contributed by atoms with Gasteiger partial charge in [0.05, 0.1) is 25.4 Å². The zero-order chi connectivity index (χ0) is 52.9. The molecule has 1 heterocycles. The molecule has 0 aliphatic carbocycles. The van der Waals surface area contributed by atoms with Crippen molar-refractivity contribution in [2.45, 2.75) is 365 Å². The van der Waals surface area contributed by atoms with Gasteiger partial charge in [-0.25, -0.2) is 0 Å². The zero-order valence-electron chi connectivity index (χ0n) is 48.2. The SMILES string of the molecule is CCCCCCCCCCCCCCCCCCCC/C=C/CC/C=C/C(O)C(COC1OC(CO)C(O)C(O)C1O)NC(=O)CCCCCCCCCCCCCCCCCCCCCCCCCCCC. The molecule has 0 spiro atoms. The first kappa shape index (κ1) is 69.7. The molecular formula is C64H123NO8. The van der Waals surface area contributed by atoms with Crippen molar-refractivity contribution in [3.63, 3.8) is 0 Å². The predicted octanol–water partition coefficient (Wildman–Crippen LogP) is 16.5. The van der Waals surface area contributed by atoms with Crippen LogP contribution in [0.1, 0.15) is 322 Å². The van der Waals surface area contributed by atoms with Gasteiger partial charge in [-0.15, -0.1) is 0 Å². The largest absolute Gasteiger partial charge is 0.394 e. The van der Waals surface area contributed by atoms with Crippen LogP contribution < -0.4 is 5.32 Å². The van der Waals surface area contributed by atoms with Crippen molar-refractivity contribution in [2.75, 3.05) is 13.2 Å². The Labute approximate surface area is 451 Å². The lowest BCUT2D eigenvalue weighted by Crippen LogP contribution is -2.60. The number of nitrogens with one attached hydrogen (secondary N) is 1. The summed E-state index contributed by atoms with van der Waals surface area (Å²) in [6.07, 6.45) is 62.7. The lowest BCUT2D eigenvalue weighted by molar-refractivity contribution is -0.302. The molecule has 0 aromatic carbocycles. The van der Waals surface area contributed by atoms with Crippen LogP contribution in [-0.2, 0) is 14.3 Å². The number of amides is 1. The number of aliphatic hydroxyl groups is 5. The molecule has 1 amide bonds. The summed E-state index contributed by atoms with van der Waals surface area (Å²) < 4.78 is 11.3. The van der Waals surface area contributed by atoms with E-state index in [-0.39, 0.29) is 12.5 Å². The van der Waals surface area contributed by atoms with Crippen LogP contribution in [0.5, 0.6) is 0 Å². The molecule has 1 saturated heterocycles. The molecule has 7 unspecified atom stereocenters. The van der Waals surface area contributed by atoms with Crippen LogP contribution in [-0.4, -0.2) is 87.5 Å². The Hall–Kier alpha value is -1.33. The normalized spacial score (nSPS) is 19.1. The van der Waals surface area contributed by atoms with E-state index < -0.39 is 49.5 Å². The Morgan fingerprint density at radius 3 is 1.15 bits per heavy atom. The highest BCUT2D eigenvalue weighted by atomic mass is 16.7. The lowest BCUT2D eigenvalue weighted by Gasteiger charge is -2.40. The van der Waals surface area contributed by atoms with E-state index in [1.807, 2.05) is 6.08 Å². The van der Waals surface area contributed by atoms with Crippen molar-refractivity contribution in [2.24, 2.45) is 0 Å². The van der Waals surface area contributed by atoms with Gasteiger partial charge in [-0.1, -0.05) is 308 Å². The van der Waals surface area contributed by atoms with Crippen LogP contribution in [0.2, 0.25) is 0 Å². The third-order valence-electron chi connectivity index (χ3n) is 15.5. The smallest absolute Gasteiger partial charge is 0.220 e. The molecule has 7 atom stereocenters. The summed E-state index contributed by atoms with van der Waals surface area (Å²) in [5, 5.41) is 54.6. The molecule has 0 aromatic heterocycles. The number of rotatable bonds is 56. The second-order valence-electron chi connectivity index (χ2n) is 22.6. The van der Waals surface area contributed by atoms with Gasteiger partial charge in [0.2, 0.25) is 5.91 Å². The van der Waals surface area contributed by atoms with E-state index in [9.17, 15) is 30.3 Å². The van der Waals surface area contributed by atoms with Gasteiger partial charge in [-0.05, 0) is 32.1 Å². The Bertz CT molecular complexity index is 1200. The summed E-state index contributed by atoms with van der Waals surface area (Å²) >= 11 is 0. The molecule has 1 aliphatic heterocycles. The highest BCUT2D eigenvalue weighted by molar-refractivity contribution is 5.76. The Morgan fingerprint density at radius 2 is 0.781 bits per heavy atom. The zero-order valence-corrected chi connectivity index (χ0v) is 48.2. The van der Waals surface area contributed by atoms with Crippen molar-refractivity contribution in [3.8, 4) is 0 Å². The van der Waals surface area contributed by atoms with Crippen LogP contribution in [0.4, 0.5) is 0 Å². The van der Waals surface area contributed by atoms with Gasteiger partial charge in [0.25, 0.3) is 0 Å². The van der Waals surface area contributed by atoms with E-state index >= 15 is 0 Å². The first-order valence-electron chi connectivity index (χ1n) is 32.1. The fourth-order valence-corrected chi connectivity index (χ4v) is 10.5. The highest BCUT2D eigenvalue weighted by Gasteiger charge is 2.44. The molecule has 1 fully saturated rings. The minimum Gasteiger partial charge on any atom is -0.394 e. The maximum atomic E-state index is 13.1. The third-order valence-corrected chi connectivity index (χ3v) is 15.5. The molecule has 1 aliphatic rings. The maximum Gasteiger partial charge on any atom is 0.220 e. The number of carbonyl (C=O) groups excluding carboxylic acids is 1. The minimum atomic E-state index is -1.57. The average Bonchev–Trinajstić information content (AvgIpc) is 3.39. The van der Waals surface area contributed by atoms with E-state index in [1.54, 1.807) is 6.08 Å². The van der Waals surface area contributed by atoms with Crippen molar-refractivity contribution in [1.82, 2.24) is 5.32 Å². The molecule has 0 aromatic rings. The van der Waals surface area contributed by atoms with Gasteiger partial charge < -0.3 is 40.3 Å². The second-order valence-corrected chi connectivity index (χ2v) is 22.6. The summed E-state index contributed by atoms with van der Waals surface area (Å²) in [5.74, 6) is -0.179. The Morgan fingerprint density at radius 1 is 0.452 bits per heavy atom. The monoisotopic (exact) mass is 1030 g/mol. The fourth-order valence-electron chi connectivity index (χ4n) is 10.5. The Balaban J connectivity index is 2.18. The topological polar surface area (TPSA) is 149 Å². The van der Waals surface area contributed by atoms with Crippen molar-refractivity contribution >= 4 is 5.91 Å². The van der Waals surface area contributed by atoms with Gasteiger partial charge in [0, 0.05) is 6.42 Å². The van der Waals surface area contributed by atoms with E-state index in [0.717, 1.165) is 38.5 Å². The molecule has 0 radical (unpaired) electrons. The number of carbonyl (C=O) groups is 1. The van der Waals surface area contributed by atoms with E-state index in [1.165, 1.54) is 263 Å². The molecule has 9 nitrogen and oxygen atoms in total. The van der Waals surface area contributed by atoms with Gasteiger partial charge in [-0.2, -0.15) is 0 Å². The predicted molar refractivity (Wildman–Crippen MR) is 309 cm³/mol. The molecule has 6 N–H and O–H groups in total. The summed E-state index contributed by atoms with van der Waals surface area (Å²) in [7, 11) is 0. The second kappa shape index (κ2) is 54.0. The van der Waals surface area contributed by atoms with Crippen molar-refractivity contribution in [3.05, 3.63) is 24.3 Å². The quantitative estimate of drug-likeness (QED) is 0.0261. The van der Waals surface area contributed by atoms with Crippen LogP contribution in [0.25, 0.3) is 0 Å². The summed E-state index contributed by atoms with van der Waals surface area (Å²) in [5.41, 5.74) is 0. The summed E-state index contributed by atoms with van der Waals surface area (Å²) in [6, 6.07) is -0.819. The number of unbranched alkanes of at least 4 members (excludes halogenated alkanes) is 44. The van der Waals surface area contributed by atoms with E-state index in [0.29, 0.717) is 6.42 Å². The van der Waals surface area contributed by atoms with Gasteiger partial charge >= 0.3 is 0 Å². The van der Waals surface area contributed by atoms with Crippen LogP contribution >= 0.6 is 0 Å². The average molecular weight is 1030 g/mol. The number of ether oxygens (including phenoxy) is 2. The molecule has 0 bridgehead atoms. The van der Waals surface area contributed by atoms with Crippen molar-refractivity contribution < 1.29 is 39.8 Å². The summed E-state index contributed by atoms with van der Waals surface area (Å²) in [6.45, 7) is 3.82. The first-order valence-corrected chi connectivity index (χ1v) is 32.1. The third kappa shape index (κ3) is 43.4. The number of hydrogen-bond acceptors (Lipinski definition) is 8. The first-order chi connectivity index (χ1) is 35.8. The lowest BCUT2D eigenvalue weighted by atomic mass is 9.99. The van der Waals surface area contributed by atoms with E-state index in [2.05, 4.69) is 31.3 Å². The number of allylic oxidation sites excluding steroid dienone is 3. The molecule has 9 heteroatoms. The minimum absolute atomic E-state index is 0.179. The van der Waals surface area contributed by atoms with Gasteiger partial charge in [-0.3, -0.25) is 4.79 Å². The highest BCUT2D eigenvalue weighted by Crippen LogP contribution is 2.23. The summed E-state index contributed by atoms with van der Waals surface area (Å²) in [4.78, 5) is 13.1. The molecule has 1 rings (SSSR count). The number of hydrogen-bond donors (Lipinski definition) is 6. The Kier molecular flexibility index (Phi) is 51.6. The van der Waals surface area contributed by atoms with Crippen LogP contribution in [0, 0.1) is 0 Å². The van der Waals surface area contributed by atoms with Gasteiger partial charge in [0.15, 0.2) is 6.29 Å². The molecule has 73 heavy (non-hydrogen) atoms. The maximum absolute atomic E-state index is 13.1. The van der Waals surface area contributed by atoms with Gasteiger partial charge in [0.1, 0.15) is 24.4 Å². The fraction of sp³-hybridized carbons (Fsp3) is 0.922. The van der Waals surface area contributed by atoms with Crippen molar-refractivity contribution in [1.29, 1.82) is 0 Å². The van der Waals surface area contributed by atoms with E-state index in [4.69, 9.17) is 9.47 Å². The standard InChI is InChI=1S/C64H123NO8/c1-3-5-7-9-11-13-15-17-19-21-23-25-27-29-30-32-34-36-38-40-42-44-46-48-50-52-54-60(68)65-57(56-72-64-63(71)62(70)61(69)59(55-66)73-64)58(67)53-51-49-47-45-43-41-39-37-35-33-31-28-26-24-22-20-18-16-14-12-10-8-6-4-2/h43,45,51,53,57-59,61-64,66-67,69-71H,3-42,44,46-50,52,54-56H2,1-2H3,(H,65,68)/b45-43+,53-51+. The molecular weight excluding hydrogens is 911 g/mol. The molecule has 0 saturated carbocycles.